The summed E-state index contributed by atoms with van der Waals surface area (Å²) in [5.41, 5.74) is 0. The third kappa shape index (κ3) is 11.1. The zero-order valence-electron chi connectivity index (χ0n) is 16.1. The Balaban J connectivity index is 0.00000576. The van der Waals surface area contributed by atoms with Crippen molar-refractivity contribution in [2.45, 2.75) is 90.4 Å². The Bertz CT molecular complexity index is 395. The van der Waals surface area contributed by atoms with E-state index in [-0.39, 0.29) is 29.6 Å². The second-order valence-corrected chi connectivity index (χ2v) is 6.89. The fourth-order valence-electron chi connectivity index (χ4n) is 3.36. The monoisotopic (exact) mass is 360 g/mol. The molecule has 0 N–H and O–H groups in total. The van der Waals surface area contributed by atoms with Crippen LogP contribution >= 0.6 is 0 Å². The summed E-state index contributed by atoms with van der Waals surface area (Å²) in [6.45, 7) is 2.23. The summed E-state index contributed by atoms with van der Waals surface area (Å²) < 4.78 is 5.12. The molecule has 2 unspecified atom stereocenters. The van der Waals surface area contributed by atoms with Crippen LogP contribution in [0.5, 0.6) is 0 Å². The number of rotatable bonds is 12. The molecule has 0 saturated heterocycles. The largest absolute Gasteiger partial charge is 1.00 e. The molecule has 1 fully saturated rings. The van der Waals surface area contributed by atoms with Crippen LogP contribution in [0.25, 0.3) is 0 Å². The first-order valence-electron chi connectivity index (χ1n) is 9.73. The number of hydrogen-bond acceptors (Lipinski definition) is 4. The normalized spacial score (nSPS) is 20.2. The molecule has 0 heterocycles. The van der Waals surface area contributed by atoms with Crippen LogP contribution in [0.2, 0.25) is 0 Å². The van der Waals surface area contributed by atoms with Gasteiger partial charge < -0.3 is 14.6 Å². The molecule has 25 heavy (non-hydrogen) atoms. The van der Waals surface area contributed by atoms with Crippen LogP contribution in [0.1, 0.15) is 90.4 Å². The van der Waals surface area contributed by atoms with E-state index in [4.69, 9.17) is 4.74 Å². The average molecular weight is 360 g/mol. The second kappa shape index (κ2) is 15.9. The van der Waals surface area contributed by atoms with Gasteiger partial charge in [0.1, 0.15) is 0 Å². The Morgan fingerprint density at radius 1 is 0.960 bits per heavy atom. The van der Waals surface area contributed by atoms with Gasteiger partial charge in [-0.15, -0.1) is 0 Å². The minimum atomic E-state index is -1.13. The Hall–Kier alpha value is -0.320. The minimum absolute atomic E-state index is 0. The van der Waals surface area contributed by atoms with Crippen molar-refractivity contribution in [3.8, 4) is 0 Å². The molecule has 0 aromatic rings. The van der Waals surface area contributed by atoms with Crippen LogP contribution < -0.4 is 34.7 Å². The van der Waals surface area contributed by atoms with Gasteiger partial charge in [-0.1, -0.05) is 64.7 Å². The first-order chi connectivity index (χ1) is 11.7. The molecule has 1 rings (SSSR count). The first-order valence-corrected chi connectivity index (χ1v) is 9.73. The number of carboxylic acid groups (broad SMARTS) is 1. The standard InChI is InChI=1S/C20H34O4.Na/c1-2-3-4-5-6-7-8-9-10-13-16-24-20(23)18-15-12-11-14-17(18)19(21)22;/h13,16-18H,2-12,14-15H2,1H3,(H,21,22);/q;+1/p-1/b16-13+;. The van der Waals surface area contributed by atoms with Crippen LogP contribution in [-0.4, -0.2) is 11.9 Å². The number of carbonyl (C=O) groups excluding carboxylic acids is 2. The van der Waals surface area contributed by atoms with Crippen LogP contribution in [0.4, 0.5) is 0 Å². The summed E-state index contributed by atoms with van der Waals surface area (Å²) in [6.07, 6.45) is 17.2. The molecule has 0 radical (unpaired) electrons. The number of ether oxygens (including phenoxy) is 1. The van der Waals surface area contributed by atoms with Gasteiger partial charge in [0.2, 0.25) is 0 Å². The first kappa shape index (κ1) is 24.7. The van der Waals surface area contributed by atoms with E-state index in [0.29, 0.717) is 12.8 Å². The Morgan fingerprint density at radius 2 is 1.52 bits per heavy atom. The number of allylic oxidation sites excluding steroid dienone is 1. The molecule has 138 valence electrons. The van der Waals surface area contributed by atoms with Gasteiger partial charge in [-0.25, -0.2) is 0 Å². The SMILES string of the molecule is CCCCCCCCCC/C=C/OC(=O)C1CCCCC1C(=O)[O-].[Na+]. The quantitative estimate of drug-likeness (QED) is 0.227. The van der Waals surface area contributed by atoms with Crippen LogP contribution in [0, 0.1) is 11.8 Å². The van der Waals surface area contributed by atoms with E-state index in [0.717, 1.165) is 25.7 Å². The summed E-state index contributed by atoms with van der Waals surface area (Å²) >= 11 is 0. The summed E-state index contributed by atoms with van der Waals surface area (Å²) in [6, 6.07) is 0. The molecule has 0 amide bonds. The average Bonchev–Trinajstić information content (AvgIpc) is 2.59. The van der Waals surface area contributed by atoms with Gasteiger partial charge in [0.15, 0.2) is 0 Å². The summed E-state index contributed by atoms with van der Waals surface area (Å²) in [5, 5.41) is 11.1. The fourth-order valence-corrected chi connectivity index (χ4v) is 3.36. The van der Waals surface area contributed by atoms with Crippen molar-refractivity contribution in [2.75, 3.05) is 0 Å². The van der Waals surface area contributed by atoms with E-state index in [9.17, 15) is 14.7 Å². The van der Waals surface area contributed by atoms with E-state index >= 15 is 0 Å². The molecule has 0 aromatic carbocycles. The number of unbranched alkanes of at least 4 members (excludes halogenated alkanes) is 8. The third-order valence-corrected chi connectivity index (χ3v) is 4.88. The van der Waals surface area contributed by atoms with E-state index in [1.54, 1.807) is 0 Å². The fraction of sp³-hybridized carbons (Fsp3) is 0.800. The van der Waals surface area contributed by atoms with Crippen LogP contribution in [0.15, 0.2) is 12.3 Å². The van der Waals surface area contributed by atoms with Gasteiger partial charge in [0, 0.05) is 11.9 Å². The molecule has 1 aliphatic carbocycles. The summed E-state index contributed by atoms with van der Waals surface area (Å²) in [5.74, 6) is -2.78. The molecule has 0 bridgehead atoms. The molecule has 0 spiro atoms. The number of aliphatic carboxylic acids is 1. The van der Waals surface area contributed by atoms with Crippen molar-refractivity contribution >= 4 is 11.9 Å². The zero-order chi connectivity index (χ0) is 17.6. The van der Waals surface area contributed by atoms with Gasteiger partial charge in [0.25, 0.3) is 0 Å². The maximum Gasteiger partial charge on any atom is 1.00 e. The Kier molecular flexibility index (Phi) is 15.7. The molecule has 4 nitrogen and oxygen atoms in total. The number of esters is 1. The van der Waals surface area contributed by atoms with Gasteiger partial charge in [-0.3, -0.25) is 4.79 Å². The van der Waals surface area contributed by atoms with E-state index in [1.165, 1.54) is 51.2 Å². The maximum absolute atomic E-state index is 12.0. The third-order valence-electron chi connectivity index (χ3n) is 4.88. The molecular weight excluding hydrogens is 327 g/mol. The van der Waals surface area contributed by atoms with Gasteiger partial charge >= 0.3 is 35.5 Å². The minimum Gasteiger partial charge on any atom is -0.550 e. The van der Waals surface area contributed by atoms with E-state index in [1.807, 2.05) is 6.08 Å². The molecule has 1 saturated carbocycles. The van der Waals surface area contributed by atoms with Crippen LogP contribution in [-0.2, 0) is 14.3 Å². The summed E-state index contributed by atoms with van der Waals surface area (Å²) in [7, 11) is 0. The molecule has 0 aliphatic heterocycles. The predicted molar refractivity (Wildman–Crippen MR) is 92.9 cm³/mol. The Labute approximate surface area is 175 Å². The van der Waals surface area contributed by atoms with Crippen molar-refractivity contribution in [1.29, 1.82) is 0 Å². The van der Waals surface area contributed by atoms with Crippen LogP contribution in [0.3, 0.4) is 0 Å². The van der Waals surface area contributed by atoms with E-state index < -0.39 is 23.8 Å². The van der Waals surface area contributed by atoms with Crippen molar-refractivity contribution in [3.05, 3.63) is 12.3 Å². The smallest absolute Gasteiger partial charge is 0.550 e. The van der Waals surface area contributed by atoms with Gasteiger partial charge in [-0.05, 0) is 31.8 Å². The number of hydrogen-bond donors (Lipinski definition) is 0. The zero-order valence-corrected chi connectivity index (χ0v) is 18.1. The number of carboxylic acids is 1. The number of carbonyl (C=O) groups is 2. The maximum atomic E-state index is 12.0. The molecule has 0 aromatic heterocycles. The molecule has 5 heteroatoms. The van der Waals surface area contributed by atoms with Crippen molar-refractivity contribution < 1.29 is 49.0 Å². The topological polar surface area (TPSA) is 66.4 Å². The Morgan fingerprint density at radius 3 is 2.12 bits per heavy atom. The van der Waals surface area contributed by atoms with Crippen molar-refractivity contribution in [3.63, 3.8) is 0 Å². The van der Waals surface area contributed by atoms with Gasteiger partial charge in [-0.2, -0.15) is 0 Å². The predicted octanol–water partition coefficient (Wildman–Crippen LogP) is 1.13. The van der Waals surface area contributed by atoms with Crippen molar-refractivity contribution in [2.24, 2.45) is 11.8 Å². The summed E-state index contributed by atoms with van der Waals surface area (Å²) in [4.78, 5) is 23.1. The molecular formula is C20H33NaO4. The van der Waals surface area contributed by atoms with E-state index in [2.05, 4.69) is 6.92 Å². The van der Waals surface area contributed by atoms with Gasteiger partial charge in [0.05, 0.1) is 12.2 Å². The molecule has 2 atom stereocenters. The second-order valence-electron chi connectivity index (χ2n) is 6.89. The molecule has 1 aliphatic rings. The van der Waals surface area contributed by atoms with Crippen molar-refractivity contribution in [1.82, 2.24) is 0 Å².